The van der Waals surface area contributed by atoms with Gasteiger partial charge in [-0.15, -0.1) is 0 Å². The summed E-state index contributed by atoms with van der Waals surface area (Å²) in [5, 5.41) is 2.98. The molecule has 1 saturated heterocycles. The molecule has 0 aromatic heterocycles. The van der Waals surface area contributed by atoms with Crippen molar-refractivity contribution in [3.8, 4) is 0 Å². The highest BCUT2D eigenvalue weighted by atomic mass is 79.9. The highest BCUT2D eigenvalue weighted by Crippen LogP contribution is 2.27. The Bertz CT molecular complexity index is 416. The number of rotatable bonds is 4. The molecule has 5 heteroatoms. The maximum Gasteiger partial charge on any atom is 0.150 e. The minimum atomic E-state index is -0.564. The zero-order valence-corrected chi connectivity index (χ0v) is 12.5. The number of halogens is 3. The van der Waals surface area contributed by atoms with Crippen LogP contribution in [0.1, 0.15) is 32.6 Å². The molecule has 0 bridgehead atoms. The van der Waals surface area contributed by atoms with Crippen LogP contribution in [0.5, 0.6) is 0 Å². The average Bonchev–Trinajstić information content (AvgIpc) is 2.35. The van der Waals surface area contributed by atoms with Crippen LogP contribution in [0.25, 0.3) is 0 Å². The number of hydrogen-bond acceptors (Lipinski definition) is 2. The Kier molecular flexibility index (Phi) is 5.16. The topological polar surface area (TPSA) is 21.3 Å². The summed E-state index contributed by atoms with van der Waals surface area (Å²) in [4.78, 5) is 0. The smallest absolute Gasteiger partial charge is 0.150 e. The largest absolute Gasteiger partial charge is 0.378 e. The first-order chi connectivity index (χ1) is 9.10. The predicted molar refractivity (Wildman–Crippen MR) is 75.4 cm³/mol. The molecule has 106 valence electrons. The van der Waals surface area contributed by atoms with Crippen LogP contribution in [-0.4, -0.2) is 18.8 Å². The highest BCUT2D eigenvalue weighted by molar-refractivity contribution is 9.10. The summed E-state index contributed by atoms with van der Waals surface area (Å²) in [5.41, 5.74) is -0.0367. The van der Waals surface area contributed by atoms with E-state index in [9.17, 15) is 8.78 Å². The molecule has 2 atom stereocenters. The lowest BCUT2D eigenvalue weighted by atomic mass is 10.00. The van der Waals surface area contributed by atoms with Crippen LogP contribution >= 0.6 is 15.9 Å². The van der Waals surface area contributed by atoms with E-state index in [2.05, 4.69) is 28.2 Å². The maximum atomic E-state index is 13.7. The molecule has 0 aliphatic carbocycles. The standard InChI is InChI=1S/C14H18BrF2NO/c1-2-3-11-8-10(4-5-19-11)18-14-12(16)6-9(15)7-13(14)17/h6-7,10-11,18H,2-5,8H2,1H3. The van der Waals surface area contributed by atoms with Crippen LogP contribution in [0.3, 0.4) is 0 Å². The first-order valence-electron chi connectivity index (χ1n) is 6.62. The minimum Gasteiger partial charge on any atom is -0.378 e. The molecule has 1 heterocycles. The third kappa shape index (κ3) is 3.89. The van der Waals surface area contributed by atoms with Crippen LogP contribution in [0.15, 0.2) is 16.6 Å². The molecular formula is C14H18BrF2NO. The van der Waals surface area contributed by atoms with Crippen LogP contribution in [0.4, 0.5) is 14.5 Å². The van der Waals surface area contributed by atoms with Gasteiger partial charge in [0.05, 0.1) is 6.10 Å². The first-order valence-corrected chi connectivity index (χ1v) is 7.42. The summed E-state index contributed by atoms with van der Waals surface area (Å²) in [7, 11) is 0. The summed E-state index contributed by atoms with van der Waals surface area (Å²) in [6, 6.07) is 2.61. The molecule has 1 fully saturated rings. The van der Waals surface area contributed by atoms with E-state index in [1.54, 1.807) is 0 Å². The van der Waals surface area contributed by atoms with Crippen molar-refractivity contribution in [3.63, 3.8) is 0 Å². The molecule has 1 aromatic rings. The van der Waals surface area contributed by atoms with E-state index in [4.69, 9.17) is 4.74 Å². The Morgan fingerprint density at radius 1 is 1.37 bits per heavy atom. The zero-order chi connectivity index (χ0) is 13.8. The second-order valence-electron chi connectivity index (χ2n) is 4.89. The maximum absolute atomic E-state index is 13.7. The molecule has 0 amide bonds. The van der Waals surface area contributed by atoms with Crippen molar-refractivity contribution in [2.45, 2.75) is 44.8 Å². The van der Waals surface area contributed by atoms with Gasteiger partial charge in [-0.3, -0.25) is 0 Å². The Labute approximate surface area is 120 Å². The van der Waals surface area contributed by atoms with Crippen LogP contribution in [-0.2, 0) is 4.74 Å². The molecule has 0 saturated carbocycles. The van der Waals surface area contributed by atoms with E-state index < -0.39 is 11.6 Å². The van der Waals surface area contributed by atoms with Gasteiger partial charge in [0, 0.05) is 17.1 Å². The van der Waals surface area contributed by atoms with Gasteiger partial charge in [-0.2, -0.15) is 0 Å². The summed E-state index contributed by atoms with van der Waals surface area (Å²) in [6.07, 6.45) is 3.80. The van der Waals surface area contributed by atoms with Gasteiger partial charge in [-0.1, -0.05) is 29.3 Å². The summed E-state index contributed by atoms with van der Waals surface area (Å²) in [5.74, 6) is -1.13. The van der Waals surface area contributed by atoms with Gasteiger partial charge < -0.3 is 10.1 Å². The normalized spacial score (nSPS) is 23.4. The van der Waals surface area contributed by atoms with Crippen molar-refractivity contribution in [2.24, 2.45) is 0 Å². The van der Waals surface area contributed by atoms with E-state index in [0.29, 0.717) is 11.1 Å². The third-order valence-electron chi connectivity index (χ3n) is 3.33. The minimum absolute atomic E-state index is 0.0367. The van der Waals surface area contributed by atoms with Gasteiger partial charge in [0.25, 0.3) is 0 Å². The molecule has 2 nitrogen and oxygen atoms in total. The average molecular weight is 334 g/mol. The second kappa shape index (κ2) is 6.66. The Hall–Kier alpha value is -0.680. The van der Waals surface area contributed by atoms with Gasteiger partial charge in [0.2, 0.25) is 0 Å². The zero-order valence-electron chi connectivity index (χ0n) is 10.9. The summed E-state index contributed by atoms with van der Waals surface area (Å²) >= 11 is 3.07. The van der Waals surface area contributed by atoms with E-state index in [1.807, 2.05) is 0 Å². The van der Waals surface area contributed by atoms with Crippen LogP contribution in [0, 0.1) is 11.6 Å². The summed E-state index contributed by atoms with van der Waals surface area (Å²) < 4.78 is 33.5. The number of benzene rings is 1. The van der Waals surface area contributed by atoms with E-state index in [1.165, 1.54) is 12.1 Å². The third-order valence-corrected chi connectivity index (χ3v) is 3.79. The lowest BCUT2D eigenvalue weighted by molar-refractivity contribution is 0.00588. The number of nitrogens with one attached hydrogen (secondary N) is 1. The molecule has 0 radical (unpaired) electrons. The Balaban J connectivity index is 2.04. The first kappa shape index (κ1) is 14.7. The van der Waals surface area contributed by atoms with Crippen molar-refractivity contribution in [1.29, 1.82) is 0 Å². The highest BCUT2D eigenvalue weighted by Gasteiger charge is 2.23. The Morgan fingerprint density at radius 2 is 2.05 bits per heavy atom. The molecule has 2 rings (SSSR count). The molecule has 19 heavy (non-hydrogen) atoms. The fourth-order valence-electron chi connectivity index (χ4n) is 2.42. The molecule has 1 aromatic carbocycles. The van der Waals surface area contributed by atoms with Gasteiger partial charge in [-0.25, -0.2) is 8.78 Å². The molecule has 2 unspecified atom stereocenters. The van der Waals surface area contributed by atoms with Crippen LogP contribution in [0.2, 0.25) is 0 Å². The van der Waals surface area contributed by atoms with Crippen LogP contribution < -0.4 is 5.32 Å². The lowest BCUT2D eigenvalue weighted by Crippen LogP contribution is -2.34. The van der Waals surface area contributed by atoms with Crippen molar-refractivity contribution >= 4 is 21.6 Å². The molecule has 1 aliphatic rings. The molecule has 0 spiro atoms. The monoisotopic (exact) mass is 333 g/mol. The lowest BCUT2D eigenvalue weighted by Gasteiger charge is -2.30. The molecular weight excluding hydrogens is 316 g/mol. The Morgan fingerprint density at radius 3 is 2.68 bits per heavy atom. The predicted octanol–water partition coefficient (Wildman–Crippen LogP) is 4.49. The van der Waals surface area contributed by atoms with Gasteiger partial charge >= 0.3 is 0 Å². The van der Waals surface area contributed by atoms with Gasteiger partial charge in [0.15, 0.2) is 0 Å². The molecule has 1 aliphatic heterocycles. The van der Waals surface area contributed by atoms with Crippen molar-refractivity contribution < 1.29 is 13.5 Å². The van der Waals surface area contributed by atoms with Crippen molar-refractivity contribution in [2.75, 3.05) is 11.9 Å². The molecule has 1 N–H and O–H groups in total. The van der Waals surface area contributed by atoms with Gasteiger partial charge in [-0.05, 0) is 31.4 Å². The fraction of sp³-hybridized carbons (Fsp3) is 0.571. The fourth-order valence-corrected chi connectivity index (χ4v) is 2.82. The number of hydrogen-bond donors (Lipinski definition) is 1. The van der Waals surface area contributed by atoms with E-state index in [0.717, 1.165) is 25.7 Å². The second-order valence-corrected chi connectivity index (χ2v) is 5.81. The summed E-state index contributed by atoms with van der Waals surface area (Å²) in [6.45, 7) is 2.75. The van der Waals surface area contributed by atoms with Gasteiger partial charge in [0.1, 0.15) is 17.3 Å². The number of ether oxygens (including phenoxy) is 1. The van der Waals surface area contributed by atoms with E-state index >= 15 is 0 Å². The number of anilines is 1. The SMILES string of the molecule is CCCC1CC(Nc2c(F)cc(Br)cc2F)CCO1. The quantitative estimate of drug-likeness (QED) is 0.876. The van der Waals surface area contributed by atoms with Crippen molar-refractivity contribution in [1.82, 2.24) is 0 Å². The van der Waals surface area contributed by atoms with E-state index in [-0.39, 0.29) is 17.8 Å². The van der Waals surface area contributed by atoms with Crippen molar-refractivity contribution in [3.05, 3.63) is 28.2 Å².